The molecule has 0 fully saturated rings. The lowest BCUT2D eigenvalue weighted by Crippen LogP contribution is -2.03. The molecule has 0 aliphatic rings. The predicted molar refractivity (Wildman–Crippen MR) is 76.1 cm³/mol. The van der Waals surface area contributed by atoms with Crippen molar-refractivity contribution >= 4 is 5.69 Å². The Hall–Kier alpha value is -1.96. The topological polar surface area (TPSA) is 21.3 Å². The van der Waals surface area contributed by atoms with Crippen LogP contribution in [0.1, 0.15) is 18.1 Å². The van der Waals surface area contributed by atoms with Crippen LogP contribution in [0.2, 0.25) is 0 Å². The number of para-hydroxylation sites is 1. The second-order valence-electron chi connectivity index (χ2n) is 4.26. The van der Waals surface area contributed by atoms with Crippen LogP contribution in [-0.4, -0.2) is 6.61 Å². The summed E-state index contributed by atoms with van der Waals surface area (Å²) in [6, 6.07) is 16.5. The van der Waals surface area contributed by atoms with Gasteiger partial charge in [-0.15, -0.1) is 0 Å². The molecule has 1 N–H and O–H groups in total. The van der Waals surface area contributed by atoms with Gasteiger partial charge in [-0.25, -0.2) is 0 Å². The van der Waals surface area contributed by atoms with Crippen LogP contribution in [0.3, 0.4) is 0 Å². The molecule has 2 rings (SSSR count). The van der Waals surface area contributed by atoms with Crippen molar-refractivity contribution in [3.63, 3.8) is 0 Å². The van der Waals surface area contributed by atoms with Crippen molar-refractivity contribution < 1.29 is 4.74 Å². The van der Waals surface area contributed by atoms with Crippen LogP contribution in [0.25, 0.3) is 0 Å². The Bertz CT molecular complexity index is 491. The van der Waals surface area contributed by atoms with Gasteiger partial charge < -0.3 is 10.1 Å². The van der Waals surface area contributed by atoms with E-state index in [1.165, 1.54) is 11.1 Å². The highest BCUT2D eigenvalue weighted by molar-refractivity contribution is 5.46. The summed E-state index contributed by atoms with van der Waals surface area (Å²) in [6.07, 6.45) is 0. The van der Waals surface area contributed by atoms with E-state index in [4.69, 9.17) is 4.74 Å². The average Bonchev–Trinajstić information content (AvgIpc) is 2.40. The largest absolute Gasteiger partial charge is 0.494 e. The molecule has 2 heteroatoms. The summed E-state index contributed by atoms with van der Waals surface area (Å²) < 4.78 is 5.60. The Morgan fingerprint density at radius 2 is 1.72 bits per heavy atom. The van der Waals surface area contributed by atoms with Crippen molar-refractivity contribution in [2.75, 3.05) is 11.9 Å². The number of anilines is 1. The first kappa shape index (κ1) is 12.5. The van der Waals surface area contributed by atoms with Crippen molar-refractivity contribution in [3.05, 3.63) is 59.7 Å². The van der Waals surface area contributed by atoms with E-state index in [-0.39, 0.29) is 0 Å². The highest BCUT2D eigenvalue weighted by atomic mass is 16.5. The number of rotatable bonds is 5. The van der Waals surface area contributed by atoms with Gasteiger partial charge in [-0.2, -0.15) is 0 Å². The molecule has 0 bridgehead atoms. The summed E-state index contributed by atoms with van der Waals surface area (Å²) in [7, 11) is 0. The first-order chi connectivity index (χ1) is 8.79. The average molecular weight is 241 g/mol. The van der Waals surface area contributed by atoms with Gasteiger partial charge in [-0.1, -0.05) is 35.9 Å². The molecule has 0 amide bonds. The maximum atomic E-state index is 5.60. The molecule has 0 heterocycles. The molecule has 0 radical (unpaired) electrons. The zero-order valence-corrected chi connectivity index (χ0v) is 10.9. The van der Waals surface area contributed by atoms with Gasteiger partial charge in [-0.05, 0) is 32.0 Å². The predicted octanol–water partition coefficient (Wildman–Crippen LogP) is 4.01. The Labute approximate surface area is 109 Å². The Kier molecular flexibility index (Phi) is 4.24. The van der Waals surface area contributed by atoms with Gasteiger partial charge in [0.1, 0.15) is 5.75 Å². The summed E-state index contributed by atoms with van der Waals surface area (Å²) in [5.41, 5.74) is 3.59. The molecule has 0 atom stereocenters. The minimum Gasteiger partial charge on any atom is -0.494 e. The fraction of sp³-hybridized carbons (Fsp3) is 0.250. The molecule has 18 heavy (non-hydrogen) atoms. The Balaban J connectivity index is 2.03. The van der Waals surface area contributed by atoms with E-state index < -0.39 is 0 Å². The van der Waals surface area contributed by atoms with Gasteiger partial charge in [0.05, 0.1) is 6.61 Å². The summed E-state index contributed by atoms with van der Waals surface area (Å²) in [5.74, 6) is 0.958. The van der Waals surface area contributed by atoms with Crippen LogP contribution < -0.4 is 10.1 Å². The van der Waals surface area contributed by atoms with Crippen LogP contribution >= 0.6 is 0 Å². The fourth-order valence-corrected chi connectivity index (χ4v) is 1.81. The van der Waals surface area contributed by atoms with Gasteiger partial charge >= 0.3 is 0 Å². The zero-order valence-electron chi connectivity index (χ0n) is 10.9. The van der Waals surface area contributed by atoms with Gasteiger partial charge in [-0.3, -0.25) is 0 Å². The van der Waals surface area contributed by atoms with Crippen LogP contribution in [0.15, 0.2) is 48.5 Å². The van der Waals surface area contributed by atoms with Gasteiger partial charge in [0.15, 0.2) is 0 Å². The van der Waals surface area contributed by atoms with E-state index in [0.717, 1.165) is 18.0 Å². The molecule has 0 saturated heterocycles. The number of benzene rings is 2. The lowest BCUT2D eigenvalue weighted by molar-refractivity contribution is 0.337. The summed E-state index contributed by atoms with van der Waals surface area (Å²) in [5, 5.41) is 3.41. The van der Waals surface area contributed by atoms with E-state index in [0.29, 0.717) is 6.61 Å². The van der Waals surface area contributed by atoms with Crippen LogP contribution in [-0.2, 0) is 6.54 Å². The SMILES string of the molecule is CCOc1ccccc1CNc1ccc(C)cc1. The normalized spacial score (nSPS) is 10.1. The van der Waals surface area contributed by atoms with E-state index in [9.17, 15) is 0 Å². The lowest BCUT2D eigenvalue weighted by Gasteiger charge is -2.11. The lowest BCUT2D eigenvalue weighted by atomic mass is 10.2. The number of hydrogen-bond acceptors (Lipinski definition) is 2. The maximum Gasteiger partial charge on any atom is 0.124 e. The summed E-state index contributed by atoms with van der Waals surface area (Å²) in [4.78, 5) is 0. The molecule has 0 unspecified atom stereocenters. The van der Waals surface area contributed by atoms with E-state index in [2.05, 4.69) is 42.6 Å². The van der Waals surface area contributed by atoms with Crippen LogP contribution in [0.5, 0.6) is 5.75 Å². The molecular formula is C16H19NO. The molecule has 0 saturated carbocycles. The molecule has 0 aliphatic heterocycles. The van der Waals surface area contributed by atoms with Gasteiger partial charge in [0, 0.05) is 17.8 Å². The number of ether oxygens (including phenoxy) is 1. The second kappa shape index (κ2) is 6.10. The molecule has 0 spiro atoms. The van der Waals surface area contributed by atoms with Crippen LogP contribution in [0, 0.1) is 6.92 Å². The van der Waals surface area contributed by atoms with Gasteiger partial charge in [0.25, 0.3) is 0 Å². The number of aryl methyl sites for hydroxylation is 1. The standard InChI is InChI=1S/C16H19NO/c1-3-18-16-7-5-4-6-14(16)12-17-15-10-8-13(2)9-11-15/h4-11,17H,3,12H2,1-2H3. The van der Waals surface area contributed by atoms with Crippen molar-refractivity contribution in [2.24, 2.45) is 0 Å². The molecule has 2 aromatic carbocycles. The molecular weight excluding hydrogens is 222 g/mol. The van der Waals surface area contributed by atoms with Crippen molar-refractivity contribution in [1.82, 2.24) is 0 Å². The molecule has 2 aromatic rings. The summed E-state index contributed by atoms with van der Waals surface area (Å²) >= 11 is 0. The maximum absolute atomic E-state index is 5.60. The van der Waals surface area contributed by atoms with Crippen LogP contribution in [0.4, 0.5) is 5.69 Å². The minimum absolute atomic E-state index is 0.696. The van der Waals surface area contributed by atoms with Crippen molar-refractivity contribution in [1.29, 1.82) is 0 Å². The molecule has 94 valence electrons. The highest BCUT2D eigenvalue weighted by Crippen LogP contribution is 2.19. The second-order valence-corrected chi connectivity index (χ2v) is 4.26. The monoisotopic (exact) mass is 241 g/mol. The van der Waals surface area contributed by atoms with Crippen molar-refractivity contribution in [2.45, 2.75) is 20.4 Å². The van der Waals surface area contributed by atoms with E-state index in [1.54, 1.807) is 0 Å². The first-order valence-electron chi connectivity index (χ1n) is 6.31. The van der Waals surface area contributed by atoms with E-state index in [1.807, 2.05) is 25.1 Å². The third-order valence-electron chi connectivity index (χ3n) is 2.81. The number of nitrogens with one attached hydrogen (secondary N) is 1. The van der Waals surface area contributed by atoms with Gasteiger partial charge in [0.2, 0.25) is 0 Å². The third-order valence-corrected chi connectivity index (χ3v) is 2.81. The quantitative estimate of drug-likeness (QED) is 0.854. The number of hydrogen-bond donors (Lipinski definition) is 1. The molecule has 0 aliphatic carbocycles. The molecule has 2 nitrogen and oxygen atoms in total. The molecule has 0 aromatic heterocycles. The third kappa shape index (κ3) is 3.27. The first-order valence-corrected chi connectivity index (χ1v) is 6.31. The Morgan fingerprint density at radius 1 is 1.00 bits per heavy atom. The Morgan fingerprint density at radius 3 is 2.44 bits per heavy atom. The fourth-order valence-electron chi connectivity index (χ4n) is 1.81. The van der Waals surface area contributed by atoms with Crippen molar-refractivity contribution in [3.8, 4) is 5.75 Å². The minimum atomic E-state index is 0.696. The smallest absolute Gasteiger partial charge is 0.124 e. The summed E-state index contributed by atoms with van der Waals surface area (Å²) in [6.45, 7) is 5.57. The zero-order chi connectivity index (χ0) is 12.8. The van der Waals surface area contributed by atoms with E-state index >= 15 is 0 Å². The highest BCUT2D eigenvalue weighted by Gasteiger charge is 2.01.